The molecule has 0 aliphatic carbocycles. The summed E-state index contributed by atoms with van der Waals surface area (Å²) in [6, 6.07) is 4.60. The maximum absolute atomic E-state index is 10.5. The summed E-state index contributed by atoms with van der Waals surface area (Å²) in [6.45, 7) is 0. The molecule has 5 heteroatoms. The SMILES string of the molecule is O=C(O)c1ccc(Br)c(OI)c1. The number of hydrogen-bond donors (Lipinski definition) is 1. The highest BCUT2D eigenvalue weighted by Gasteiger charge is 2.06. The molecule has 0 fully saturated rings. The predicted molar refractivity (Wildman–Crippen MR) is 55.7 cm³/mol. The number of hydrogen-bond acceptors (Lipinski definition) is 2. The Morgan fingerprint density at radius 3 is 2.75 bits per heavy atom. The third kappa shape index (κ3) is 2.10. The zero-order valence-corrected chi connectivity index (χ0v) is 9.50. The fourth-order valence-corrected chi connectivity index (χ4v) is 1.69. The summed E-state index contributed by atoms with van der Waals surface area (Å²) >= 11 is 4.91. The van der Waals surface area contributed by atoms with Crippen molar-refractivity contribution in [3.63, 3.8) is 0 Å². The average Bonchev–Trinajstić information content (AvgIpc) is 2.05. The minimum atomic E-state index is -0.961. The van der Waals surface area contributed by atoms with Crippen molar-refractivity contribution in [3.8, 4) is 5.75 Å². The Balaban J connectivity index is 3.13. The van der Waals surface area contributed by atoms with Gasteiger partial charge in [-0.15, -0.1) is 0 Å². The standard InChI is InChI=1S/C7H4BrIO3/c8-5-2-1-4(7(10)11)3-6(5)12-9/h1-3H,(H,10,11). The third-order valence-corrected chi connectivity index (χ3v) is 2.39. The maximum atomic E-state index is 10.5. The van der Waals surface area contributed by atoms with Gasteiger partial charge in [-0.1, -0.05) is 0 Å². The van der Waals surface area contributed by atoms with Crippen LogP contribution in [0.5, 0.6) is 5.75 Å². The normalized spacial score (nSPS) is 9.50. The highest BCUT2D eigenvalue weighted by atomic mass is 127. The van der Waals surface area contributed by atoms with Crippen LogP contribution in [0.1, 0.15) is 10.4 Å². The Labute approximate surface area is 91.5 Å². The zero-order chi connectivity index (χ0) is 9.14. The van der Waals surface area contributed by atoms with Crippen LogP contribution < -0.4 is 3.07 Å². The average molecular weight is 343 g/mol. The van der Waals surface area contributed by atoms with Gasteiger partial charge in [0.1, 0.15) is 5.75 Å². The van der Waals surface area contributed by atoms with Crippen LogP contribution in [0, 0.1) is 0 Å². The molecule has 64 valence electrons. The van der Waals surface area contributed by atoms with Crippen LogP contribution in [0.15, 0.2) is 22.7 Å². The number of aromatic carboxylic acids is 1. The van der Waals surface area contributed by atoms with E-state index in [4.69, 9.17) is 8.17 Å². The monoisotopic (exact) mass is 342 g/mol. The first kappa shape index (κ1) is 9.79. The molecule has 0 bridgehead atoms. The number of carboxylic acid groups (broad SMARTS) is 1. The molecular formula is C7H4BrIO3. The fraction of sp³-hybridized carbons (Fsp3) is 0. The first-order chi connectivity index (χ1) is 5.65. The fourth-order valence-electron chi connectivity index (χ4n) is 0.696. The molecule has 0 spiro atoms. The molecule has 0 aliphatic heterocycles. The minimum Gasteiger partial charge on any atom is -0.478 e. The summed E-state index contributed by atoms with van der Waals surface area (Å²) in [6.07, 6.45) is 0. The summed E-state index contributed by atoms with van der Waals surface area (Å²) in [4.78, 5) is 10.5. The van der Waals surface area contributed by atoms with Gasteiger partial charge in [-0.2, -0.15) is 0 Å². The van der Waals surface area contributed by atoms with Gasteiger partial charge in [0.2, 0.25) is 0 Å². The Kier molecular flexibility index (Phi) is 3.33. The molecule has 0 radical (unpaired) electrons. The van der Waals surface area contributed by atoms with Crippen molar-refractivity contribution in [2.45, 2.75) is 0 Å². The van der Waals surface area contributed by atoms with Gasteiger partial charge in [0.25, 0.3) is 0 Å². The van der Waals surface area contributed by atoms with Gasteiger partial charge >= 0.3 is 5.97 Å². The Hall–Kier alpha value is -0.300. The van der Waals surface area contributed by atoms with E-state index in [1.54, 1.807) is 29.1 Å². The molecule has 1 rings (SSSR count). The summed E-state index contributed by atoms with van der Waals surface area (Å²) in [5, 5.41) is 8.62. The van der Waals surface area contributed by atoms with E-state index in [0.717, 1.165) is 4.47 Å². The molecular weight excluding hydrogens is 339 g/mol. The lowest BCUT2D eigenvalue weighted by Gasteiger charge is -2.01. The van der Waals surface area contributed by atoms with E-state index >= 15 is 0 Å². The van der Waals surface area contributed by atoms with E-state index < -0.39 is 5.97 Å². The van der Waals surface area contributed by atoms with Crippen molar-refractivity contribution in [2.24, 2.45) is 0 Å². The maximum Gasteiger partial charge on any atom is 0.335 e. The van der Waals surface area contributed by atoms with Gasteiger partial charge in [-0.3, -0.25) is 0 Å². The van der Waals surface area contributed by atoms with Crippen molar-refractivity contribution < 1.29 is 13.0 Å². The van der Waals surface area contributed by atoms with E-state index in [0.29, 0.717) is 5.75 Å². The van der Waals surface area contributed by atoms with Crippen LogP contribution >= 0.6 is 38.9 Å². The lowest BCUT2D eigenvalue weighted by molar-refractivity contribution is 0.0696. The molecule has 1 N–H and O–H groups in total. The molecule has 0 heterocycles. The third-order valence-electron chi connectivity index (χ3n) is 1.26. The molecule has 3 nitrogen and oxygen atoms in total. The molecule has 0 atom stereocenters. The van der Waals surface area contributed by atoms with Gasteiger partial charge in [0.15, 0.2) is 23.0 Å². The molecule has 0 aromatic heterocycles. The smallest absolute Gasteiger partial charge is 0.335 e. The van der Waals surface area contributed by atoms with Crippen molar-refractivity contribution in [3.05, 3.63) is 28.2 Å². The number of rotatable bonds is 2. The number of carboxylic acids is 1. The topological polar surface area (TPSA) is 46.5 Å². The van der Waals surface area contributed by atoms with Crippen molar-refractivity contribution in [1.82, 2.24) is 0 Å². The van der Waals surface area contributed by atoms with Gasteiger partial charge in [-0.05, 0) is 34.1 Å². The van der Waals surface area contributed by atoms with Gasteiger partial charge in [0, 0.05) is 0 Å². The summed E-state index contributed by atoms with van der Waals surface area (Å²) in [5.41, 5.74) is 0.213. The van der Waals surface area contributed by atoms with E-state index in [1.165, 1.54) is 12.1 Å². The quantitative estimate of drug-likeness (QED) is 0.841. The van der Waals surface area contributed by atoms with E-state index in [1.807, 2.05) is 0 Å². The Morgan fingerprint density at radius 2 is 2.25 bits per heavy atom. The Morgan fingerprint density at radius 1 is 1.58 bits per heavy atom. The summed E-state index contributed by atoms with van der Waals surface area (Å²) in [7, 11) is 0. The highest BCUT2D eigenvalue weighted by Crippen LogP contribution is 2.27. The first-order valence-electron chi connectivity index (χ1n) is 2.96. The van der Waals surface area contributed by atoms with Crippen molar-refractivity contribution in [1.29, 1.82) is 0 Å². The molecule has 0 aliphatic rings. The molecule has 12 heavy (non-hydrogen) atoms. The molecule has 0 amide bonds. The molecule has 1 aromatic carbocycles. The lowest BCUT2D eigenvalue weighted by Crippen LogP contribution is -1.95. The van der Waals surface area contributed by atoms with E-state index in [9.17, 15) is 4.79 Å². The van der Waals surface area contributed by atoms with E-state index in [-0.39, 0.29) is 5.56 Å². The first-order valence-corrected chi connectivity index (χ1v) is 4.64. The molecule has 0 saturated heterocycles. The molecule has 1 aromatic rings. The van der Waals surface area contributed by atoms with Crippen molar-refractivity contribution >= 4 is 44.9 Å². The van der Waals surface area contributed by atoms with Crippen LogP contribution in [-0.4, -0.2) is 11.1 Å². The van der Waals surface area contributed by atoms with Gasteiger partial charge in [0.05, 0.1) is 10.0 Å². The second-order valence-corrected chi connectivity index (χ2v) is 3.32. The van der Waals surface area contributed by atoms with Gasteiger partial charge < -0.3 is 8.17 Å². The highest BCUT2D eigenvalue weighted by molar-refractivity contribution is 14.1. The van der Waals surface area contributed by atoms with E-state index in [2.05, 4.69) is 15.9 Å². The zero-order valence-electron chi connectivity index (χ0n) is 5.75. The minimum absolute atomic E-state index is 0.213. The van der Waals surface area contributed by atoms with Crippen LogP contribution in [0.4, 0.5) is 0 Å². The van der Waals surface area contributed by atoms with Crippen LogP contribution in [0.3, 0.4) is 0 Å². The van der Waals surface area contributed by atoms with Crippen LogP contribution in [0.2, 0.25) is 0 Å². The summed E-state index contributed by atoms with van der Waals surface area (Å²) in [5.74, 6) is -0.451. The number of halogens is 2. The lowest BCUT2D eigenvalue weighted by atomic mass is 10.2. The van der Waals surface area contributed by atoms with Gasteiger partial charge in [-0.25, -0.2) is 4.79 Å². The molecule has 0 saturated carbocycles. The second kappa shape index (κ2) is 4.08. The van der Waals surface area contributed by atoms with Crippen LogP contribution in [0.25, 0.3) is 0 Å². The largest absolute Gasteiger partial charge is 0.478 e. The van der Waals surface area contributed by atoms with Crippen LogP contribution in [-0.2, 0) is 0 Å². The number of carbonyl (C=O) groups is 1. The summed E-state index contributed by atoms with van der Waals surface area (Å²) < 4.78 is 5.63. The predicted octanol–water partition coefficient (Wildman–Crippen LogP) is 2.88. The Bertz CT molecular complexity index is 314. The molecule has 0 unspecified atom stereocenters. The second-order valence-electron chi connectivity index (χ2n) is 2.03. The van der Waals surface area contributed by atoms with Crippen molar-refractivity contribution in [2.75, 3.05) is 0 Å². The number of benzene rings is 1.